The number of rotatable bonds is 2. The van der Waals surface area contributed by atoms with E-state index >= 15 is 0 Å². The molecule has 0 aliphatic carbocycles. The summed E-state index contributed by atoms with van der Waals surface area (Å²) in [4.78, 5) is 16.4. The Hall–Kier alpha value is -0.960. The lowest BCUT2D eigenvalue weighted by atomic mass is 10.2. The van der Waals surface area contributed by atoms with E-state index in [0.717, 1.165) is 9.26 Å². The highest BCUT2D eigenvalue weighted by atomic mass is 127. The van der Waals surface area contributed by atoms with Crippen LogP contribution in [-0.4, -0.2) is 16.0 Å². The summed E-state index contributed by atoms with van der Waals surface area (Å²) in [5.74, 6) is 0.190. The zero-order valence-electron chi connectivity index (χ0n) is 11.3. The van der Waals surface area contributed by atoms with E-state index in [1.54, 1.807) is 18.2 Å². The lowest BCUT2D eigenvalue weighted by molar-refractivity contribution is 0.0978. The van der Waals surface area contributed by atoms with Crippen molar-refractivity contribution < 1.29 is 4.79 Å². The van der Waals surface area contributed by atoms with E-state index in [2.05, 4.69) is 38.2 Å². The molecule has 0 radical (unpaired) electrons. The fraction of sp³-hybridized carbons (Fsp3) is 0.0714. The zero-order chi connectivity index (χ0) is 16.3. The predicted octanol–water partition coefficient (Wildman–Crippen LogP) is 4.43. The van der Waals surface area contributed by atoms with Gasteiger partial charge in [-0.2, -0.15) is 0 Å². The van der Waals surface area contributed by atoms with Crippen molar-refractivity contribution in [3.8, 4) is 0 Å². The molecule has 8 heteroatoms. The Morgan fingerprint density at radius 1 is 1.23 bits per heavy atom. The molecule has 0 atom stereocenters. The number of halogens is 3. The number of carbonyl (C=O) groups is 1. The van der Waals surface area contributed by atoms with Gasteiger partial charge in [0.05, 0.1) is 15.7 Å². The Kier molecular flexibility index (Phi) is 5.96. The van der Waals surface area contributed by atoms with Gasteiger partial charge in [-0.15, -0.1) is 0 Å². The first-order valence-electron chi connectivity index (χ1n) is 6.07. The molecule has 4 nitrogen and oxygen atoms in total. The number of anilines is 1. The molecule has 0 fully saturated rings. The number of nitrogens with one attached hydrogen (secondary N) is 2. The van der Waals surface area contributed by atoms with Crippen LogP contribution in [0.4, 0.5) is 5.82 Å². The van der Waals surface area contributed by atoms with Crippen molar-refractivity contribution in [1.82, 2.24) is 10.3 Å². The average Bonchev–Trinajstić information content (AvgIpc) is 2.45. The summed E-state index contributed by atoms with van der Waals surface area (Å²) in [6.45, 7) is 1.89. The number of amides is 1. The molecule has 1 heterocycles. The molecule has 0 spiro atoms. The van der Waals surface area contributed by atoms with Gasteiger partial charge in [0.25, 0.3) is 5.91 Å². The number of thiocarbonyl (C=S) groups is 1. The van der Waals surface area contributed by atoms with E-state index in [9.17, 15) is 4.79 Å². The highest BCUT2D eigenvalue weighted by molar-refractivity contribution is 14.1. The van der Waals surface area contributed by atoms with Crippen molar-refractivity contribution in [3.63, 3.8) is 0 Å². The van der Waals surface area contributed by atoms with Crippen molar-refractivity contribution in [2.45, 2.75) is 6.92 Å². The van der Waals surface area contributed by atoms with Gasteiger partial charge in [0.15, 0.2) is 5.11 Å². The molecule has 0 aliphatic rings. The van der Waals surface area contributed by atoms with Crippen LogP contribution in [0.2, 0.25) is 10.0 Å². The normalized spacial score (nSPS) is 10.2. The van der Waals surface area contributed by atoms with Crippen molar-refractivity contribution >= 4 is 74.8 Å². The first-order chi connectivity index (χ1) is 10.4. The van der Waals surface area contributed by atoms with Crippen LogP contribution in [0.5, 0.6) is 0 Å². The van der Waals surface area contributed by atoms with Gasteiger partial charge >= 0.3 is 0 Å². The molecule has 0 bridgehead atoms. The number of aryl methyl sites for hydroxylation is 1. The van der Waals surface area contributed by atoms with Gasteiger partial charge in [-0.1, -0.05) is 23.2 Å². The second kappa shape index (κ2) is 7.54. The minimum atomic E-state index is -0.377. The van der Waals surface area contributed by atoms with E-state index in [1.165, 1.54) is 6.07 Å². The first kappa shape index (κ1) is 17.4. The van der Waals surface area contributed by atoms with Crippen LogP contribution in [0, 0.1) is 10.5 Å². The highest BCUT2D eigenvalue weighted by Crippen LogP contribution is 2.22. The van der Waals surface area contributed by atoms with E-state index in [-0.39, 0.29) is 11.0 Å². The first-order valence-corrected chi connectivity index (χ1v) is 8.31. The predicted molar refractivity (Wildman–Crippen MR) is 102 cm³/mol. The smallest absolute Gasteiger partial charge is 0.257 e. The van der Waals surface area contributed by atoms with Crippen LogP contribution in [0.25, 0.3) is 0 Å². The third-order valence-electron chi connectivity index (χ3n) is 2.67. The highest BCUT2D eigenvalue weighted by Gasteiger charge is 2.10. The summed E-state index contributed by atoms with van der Waals surface area (Å²) in [6.07, 6.45) is 0. The van der Waals surface area contributed by atoms with Crippen LogP contribution < -0.4 is 10.6 Å². The number of hydrogen-bond acceptors (Lipinski definition) is 3. The fourth-order valence-electron chi connectivity index (χ4n) is 1.57. The number of nitrogens with zero attached hydrogens (tertiary/aromatic N) is 1. The van der Waals surface area contributed by atoms with Crippen molar-refractivity contribution in [3.05, 3.63) is 55.2 Å². The average molecular weight is 466 g/mol. The van der Waals surface area contributed by atoms with E-state index in [1.807, 2.05) is 13.0 Å². The van der Waals surface area contributed by atoms with Gasteiger partial charge in [-0.25, -0.2) is 4.98 Å². The topological polar surface area (TPSA) is 54.0 Å². The summed E-state index contributed by atoms with van der Waals surface area (Å²) in [5, 5.41) is 6.28. The molecular formula is C14H10Cl2IN3OS. The van der Waals surface area contributed by atoms with Crippen LogP contribution in [0.1, 0.15) is 16.1 Å². The van der Waals surface area contributed by atoms with E-state index < -0.39 is 0 Å². The lowest BCUT2D eigenvalue weighted by Crippen LogP contribution is -2.34. The number of aromatic nitrogens is 1. The molecule has 1 amide bonds. The SMILES string of the molecule is Cc1nc(NC(=S)NC(=O)c2ccc(Cl)c(Cl)c2)ccc1I. The number of pyridine rings is 1. The Morgan fingerprint density at radius 3 is 2.59 bits per heavy atom. The molecule has 2 N–H and O–H groups in total. The van der Waals surface area contributed by atoms with Gasteiger partial charge in [-0.05, 0) is 72.1 Å². The summed E-state index contributed by atoms with van der Waals surface area (Å²) in [5.41, 5.74) is 1.24. The standard InChI is InChI=1S/C14H10Cl2IN3OS/c1-7-11(17)4-5-12(18-7)19-14(22)20-13(21)8-2-3-9(15)10(16)6-8/h2-6H,1H3,(H2,18,19,20,21,22). The Balaban J connectivity index is 2.03. The molecule has 0 unspecified atom stereocenters. The number of benzene rings is 1. The lowest BCUT2D eigenvalue weighted by Gasteiger charge is -2.10. The molecule has 0 saturated carbocycles. The van der Waals surface area contributed by atoms with Gasteiger partial charge in [-0.3, -0.25) is 10.1 Å². The molecule has 114 valence electrons. The third-order valence-corrected chi connectivity index (χ3v) is 4.76. The van der Waals surface area contributed by atoms with Crippen LogP contribution in [0.15, 0.2) is 30.3 Å². The second-order valence-corrected chi connectivity index (χ2v) is 6.69. The summed E-state index contributed by atoms with van der Waals surface area (Å²) in [6, 6.07) is 8.30. The maximum Gasteiger partial charge on any atom is 0.257 e. The van der Waals surface area contributed by atoms with E-state index in [0.29, 0.717) is 21.4 Å². The fourth-order valence-corrected chi connectivity index (χ4v) is 2.37. The van der Waals surface area contributed by atoms with Crippen LogP contribution in [-0.2, 0) is 0 Å². The Bertz CT molecular complexity index is 755. The van der Waals surface area contributed by atoms with Gasteiger partial charge in [0.2, 0.25) is 0 Å². The summed E-state index contributed by atoms with van der Waals surface area (Å²) >= 11 is 19.0. The van der Waals surface area contributed by atoms with E-state index in [4.69, 9.17) is 35.4 Å². The van der Waals surface area contributed by atoms with Crippen LogP contribution >= 0.6 is 58.0 Å². The quantitative estimate of drug-likeness (QED) is 0.509. The Morgan fingerprint density at radius 2 is 1.95 bits per heavy atom. The van der Waals surface area contributed by atoms with Gasteiger partial charge in [0, 0.05) is 9.13 Å². The molecule has 1 aromatic heterocycles. The molecule has 1 aromatic carbocycles. The number of carbonyl (C=O) groups excluding carboxylic acids is 1. The van der Waals surface area contributed by atoms with Crippen molar-refractivity contribution in [2.75, 3.05) is 5.32 Å². The van der Waals surface area contributed by atoms with Gasteiger partial charge < -0.3 is 5.32 Å². The Labute approximate surface area is 156 Å². The minimum Gasteiger partial charge on any atom is -0.317 e. The third kappa shape index (κ3) is 4.52. The minimum absolute atomic E-state index is 0.157. The number of hydrogen-bond donors (Lipinski definition) is 2. The molecule has 2 rings (SSSR count). The molecule has 0 saturated heterocycles. The maximum absolute atomic E-state index is 12.1. The second-order valence-electron chi connectivity index (χ2n) is 4.30. The monoisotopic (exact) mass is 465 g/mol. The molecule has 2 aromatic rings. The largest absolute Gasteiger partial charge is 0.317 e. The molecule has 22 heavy (non-hydrogen) atoms. The van der Waals surface area contributed by atoms with Crippen molar-refractivity contribution in [2.24, 2.45) is 0 Å². The van der Waals surface area contributed by atoms with Gasteiger partial charge in [0.1, 0.15) is 5.82 Å². The van der Waals surface area contributed by atoms with Crippen molar-refractivity contribution in [1.29, 1.82) is 0 Å². The molecular weight excluding hydrogens is 456 g/mol. The summed E-state index contributed by atoms with van der Waals surface area (Å²) < 4.78 is 1.05. The maximum atomic E-state index is 12.1. The zero-order valence-corrected chi connectivity index (χ0v) is 15.8. The summed E-state index contributed by atoms with van der Waals surface area (Å²) in [7, 11) is 0. The molecule has 0 aliphatic heterocycles. The van der Waals surface area contributed by atoms with Crippen LogP contribution in [0.3, 0.4) is 0 Å².